The summed E-state index contributed by atoms with van der Waals surface area (Å²) in [7, 11) is 2.12. The number of nitrogens with zero attached hydrogens (tertiary/aromatic N) is 1. The lowest BCUT2D eigenvalue weighted by Crippen LogP contribution is -2.18. The van der Waals surface area contributed by atoms with Crippen LogP contribution >= 0.6 is 0 Å². The quantitative estimate of drug-likeness (QED) is 0.832. The lowest BCUT2D eigenvalue weighted by atomic mass is 10.1. The monoisotopic (exact) mass is 240 g/mol. The van der Waals surface area contributed by atoms with E-state index in [1.54, 1.807) is 0 Å². The first-order valence-electron chi connectivity index (χ1n) is 6.19. The molecule has 2 rings (SSSR count). The highest BCUT2D eigenvalue weighted by atomic mass is 15.1. The van der Waals surface area contributed by atoms with E-state index in [0.717, 1.165) is 12.2 Å². The summed E-state index contributed by atoms with van der Waals surface area (Å²) in [5, 5.41) is 0. The van der Waals surface area contributed by atoms with Crippen molar-refractivity contribution in [2.24, 2.45) is 0 Å². The third-order valence-electron chi connectivity index (χ3n) is 3.30. The van der Waals surface area contributed by atoms with Gasteiger partial charge in [0.15, 0.2) is 0 Å². The molecule has 0 aliphatic rings. The summed E-state index contributed by atoms with van der Waals surface area (Å²) in [6.07, 6.45) is 0. The van der Waals surface area contributed by atoms with Crippen LogP contribution in [-0.4, -0.2) is 7.05 Å². The van der Waals surface area contributed by atoms with Crippen molar-refractivity contribution in [2.75, 3.05) is 17.7 Å². The lowest BCUT2D eigenvalue weighted by Gasteiger charge is -2.22. The van der Waals surface area contributed by atoms with E-state index in [-0.39, 0.29) is 0 Å². The molecule has 2 aromatic rings. The normalized spacial score (nSPS) is 10.4. The molecule has 0 radical (unpaired) electrons. The number of anilines is 2. The van der Waals surface area contributed by atoms with Crippen LogP contribution in [0.25, 0.3) is 0 Å². The summed E-state index contributed by atoms with van der Waals surface area (Å²) in [5.74, 6) is 0. The zero-order valence-corrected chi connectivity index (χ0v) is 11.3. The van der Waals surface area contributed by atoms with Gasteiger partial charge in [-0.15, -0.1) is 0 Å². The second-order valence-electron chi connectivity index (χ2n) is 4.83. The molecule has 0 saturated heterocycles. The first-order chi connectivity index (χ1) is 8.58. The average Bonchev–Trinajstić information content (AvgIpc) is 2.32. The van der Waals surface area contributed by atoms with Crippen LogP contribution in [0, 0.1) is 13.8 Å². The Hall–Kier alpha value is -1.96. The fourth-order valence-electron chi connectivity index (χ4n) is 2.24. The van der Waals surface area contributed by atoms with Crippen LogP contribution < -0.4 is 10.6 Å². The van der Waals surface area contributed by atoms with Crippen molar-refractivity contribution in [3.8, 4) is 0 Å². The Labute approximate surface area is 109 Å². The van der Waals surface area contributed by atoms with Crippen LogP contribution in [0.15, 0.2) is 42.5 Å². The Balaban J connectivity index is 2.22. The second kappa shape index (κ2) is 5.13. The van der Waals surface area contributed by atoms with E-state index < -0.39 is 0 Å². The van der Waals surface area contributed by atoms with Crippen molar-refractivity contribution in [2.45, 2.75) is 20.4 Å². The molecule has 94 valence electrons. The van der Waals surface area contributed by atoms with E-state index >= 15 is 0 Å². The average molecular weight is 240 g/mol. The van der Waals surface area contributed by atoms with Crippen molar-refractivity contribution in [3.05, 3.63) is 59.2 Å². The van der Waals surface area contributed by atoms with E-state index in [1.165, 1.54) is 22.4 Å². The molecule has 0 heterocycles. The van der Waals surface area contributed by atoms with Gasteiger partial charge in [-0.1, -0.05) is 24.3 Å². The standard InChI is InChI=1S/C16H20N2/c1-12-6-4-5-7-14(12)11-18(3)16-9-8-15(17)10-13(16)2/h4-10H,11,17H2,1-3H3. The third kappa shape index (κ3) is 2.65. The van der Waals surface area contributed by atoms with Crippen LogP contribution in [0.2, 0.25) is 0 Å². The van der Waals surface area contributed by atoms with Gasteiger partial charge in [0.2, 0.25) is 0 Å². The molecule has 0 aliphatic carbocycles. The molecule has 2 N–H and O–H groups in total. The minimum Gasteiger partial charge on any atom is -0.399 e. The van der Waals surface area contributed by atoms with Gasteiger partial charge in [0.1, 0.15) is 0 Å². The van der Waals surface area contributed by atoms with Crippen LogP contribution in [0.5, 0.6) is 0 Å². The molecular weight excluding hydrogens is 220 g/mol. The molecule has 0 atom stereocenters. The maximum atomic E-state index is 5.79. The Morgan fingerprint density at radius 3 is 2.39 bits per heavy atom. The SMILES string of the molecule is Cc1ccccc1CN(C)c1ccc(N)cc1C. The molecule has 2 heteroatoms. The highest BCUT2D eigenvalue weighted by Gasteiger charge is 2.06. The minimum atomic E-state index is 0.820. The Bertz CT molecular complexity index is 547. The molecule has 2 aromatic carbocycles. The predicted octanol–water partition coefficient (Wildman–Crippen LogP) is 3.52. The van der Waals surface area contributed by atoms with Gasteiger partial charge in [0, 0.05) is 25.0 Å². The topological polar surface area (TPSA) is 29.3 Å². The molecule has 0 spiro atoms. The molecular formula is C16H20N2. The van der Waals surface area contributed by atoms with Crippen LogP contribution in [0.1, 0.15) is 16.7 Å². The van der Waals surface area contributed by atoms with Crippen LogP contribution in [0.4, 0.5) is 11.4 Å². The molecule has 18 heavy (non-hydrogen) atoms. The Morgan fingerprint density at radius 2 is 1.72 bits per heavy atom. The predicted molar refractivity (Wildman–Crippen MR) is 78.9 cm³/mol. The van der Waals surface area contributed by atoms with Gasteiger partial charge >= 0.3 is 0 Å². The molecule has 2 nitrogen and oxygen atoms in total. The second-order valence-corrected chi connectivity index (χ2v) is 4.83. The lowest BCUT2D eigenvalue weighted by molar-refractivity contribution is 0.909. The highest BCUT2D eigenvalue weighted by molar-refractivity contribution is 5.59. The smallest absolute Gasteiger partial charge is 0.0428 e. The van der Waals surface area contributed by atoms with E-state index in [0.29, 0.717) is 0 Å². The van der Waals surface area contributed by atoms with Crippen molar-refractivity contribution in [1.82, 2.24) is 0 Å². The van der Waals surface area contributed by atoms with Crippen molar-refractivity contribution < 1.29 is 0 Å². The van der Waals surface area contributed by atoms with Gasteiger partial charge in [-0.05, 0) is 48.7 Å². The van der Waals surface area contributed by atoms with E-state index in [2.05, 4.69) is 56.1 Å². The number of hydrogen-bond donors (Lipinski definition) is 1. The zero-order valence-electron chi connectivity index (χ0n) is 11.3. The van der Waals surface area contributed by atoms with Gasteiger partial charge in [-0.2, -0.15) is 0 Å². The number of nitrogen functional groups attached to an aromatic ring is 1. The fraction of sp³-hybridized carbons (Fsp3) is 0.250. The maximum Gasteiger partial charge on any atom is 0.0428 e. The van der Waals surface area contributed by atoms with Crippen LogP contribution in [0.3, 0.4) is 0 Å². The molecule has 0 saturated carbocycles. The first kappa shape index (κ1) is 12.5. The highest BCUT2D eigenvalue weighted by Crippen LogP contribution is 2.23. The summed E-state index contributed by atoms with van der Waals surface area (Å²) < 4.78 is 0. The Kier molecular flexibility index (Phi) is 3.56. The zero-order chi connectivity index (χ0) is 13.1. The molecule has 0 bridgehead atoms. The number of hydrogen-bond acceptors (Lipinski definition) is 2. The summed E-state index contributed by atoms with van der Waals surface area (Å²) in [4.78, 5) is 2.26. The summed E-state index contributed by atoms with van der Waals surface area (Å²) in [5.41, 5.74) is 11.7. The van der Waals surface area contributed by atoms with E-state index in [9.17, 15) is 0 Å². The minimum absolute atomic E-state index is 0.820. The molecule has 0 aromatic heterocycles. The van der Waals surface area contributed by atoms with Crippen molar-refractivity contribution in [3.63, 3.8) is 0 Å². The largest absolute Gasteiger partial charge is 0.399 e. The number of rotatable bonds is 3. The summed E-state index contributed by atoms with van der Waals surface area (Å²) >= 11 is 0. The van der Waals surface area contributed by atoms with Gasteiger partial charge in [-0.3, -0.25) is 0 Å². The van der Waals surface area contributed by atoms with E-state index in [1.807, 2.05) is 12.1 Å². The number of nitrogens with two attached hydrogens (primary N) is 1. The van der Waals surface area contributed by atoms with E-state index in [4.69, 9.17) is 5.73 Å². The third-order valence-corrected chi connectivity index (χ3v) is 3.30. The van der Waals surface area contributed by atoms with Gasteiger partial charge in [0.05, 0.1) is 0 Å². The van der Waals surface area contributed by atoms with Crippen molar-refractivity contribution >= 4 is 11.4 Å². The van der Waals surface area contributed by atoms with Gasteiger partial charge in [0.25, 0.3) is 0 Å². The molecule has 0 fully saturated rings. The number of benzene rings is 2. The van der Waals surface area contributed by atoms with Gasteiger partial charge in [-0.25, -0.2) is 0 Å². The molecule has 0 unspecified atom stereocenters. The van der Waals surface area contributed by atoms with Crippen molar-refractivity contribution in [1.29, 1.82) is 0 Å². The van der Waals surface area contributed by atoms with Crippen LogP contribution in [-0.2, 0) is 6.54 Å². The Morgan fingerprint density at radius 1 is 1.00 bits per heavy atom. The first-order valence-corrected chi connectivity index (χ1v) is 6.19. The summed E-state index contributed by atoms with van der Waals surface area (Å²) in [6.45, 7) is 5.16. The number of aryl methyl sites for hydroxylation is 2. The molecule has 0 amide bonds. The maximum absolute atomic E-state index is 5.79. The fourth-order valence-corrected chi connectivity index (χ4v) is 2.24. The molecule has 0 aliphatic heterocycles. The van der Waals surface area contributed by atoms with Gasteiger partial charge < -0.3 is 10.6 Å². The summed E-state index contributed by atoms with van der Waals surface area (Å²) in [6, 6.07) is 14.6.